The number of furan rings is 1. The van der Waals surface area contributed by atoms with Crippen LogP contribution in [0.3, 0.4) is 0 Å². The molecule has 0 radical (unpaired) electrons. The molecule has 0 atom stereocenters. The van der Waals surface area contributed by atoms with E-state index in [9.17, 15) is 13.2 Å². The molecule has 2 aromatic rings. The molecule has 1 aliphatic rings. The van der Waals surface area contributed by atoms with Crippen LogP contribution in [-0.2, 0) is 19.5 Å². The normalized spacial score (nSPS) is 16.3. The highest BCUT2D eigenvalue weighted by Gasteiger charge is 2.30. The highest BCUT2D eigenvalue weighted by atomic mass is 19.4. The van der Waals surface area contributed by atoms with Gasteiger partial charge in [-0.05, 0) is 32.0 Å². The van der Waals surface area contributed by atoms with Gasteiger partial charge in [0.1, 0.15) is 18.6 Å². The van der Waals surface area contributed by atoms with E-state index in [0.717, 1.165) is 42.0 Å². The van der Waals surface area contributed by atoms with Crippen LogP contribution in [-0.4, -0.2) is 38.9 Å². The summed E-state index contributed by atoms with van der Waals surface area (Å²) >= 11 is 0. The Balaban J connectivity index is 1.86. The summed E-state index contributed by atoms with van der Waals surface area (Å²) in [6, 6.07) is 1.80. The maximum atomic E-state index is 12.6. The third-order valence-corrected chi connectivity index (χ3v) is 3.98. The van der Waals surface area contributed by atoms with Crippen molar-refractivity contribution in [1.82, 2.24) is 19.7 Å². The molecule has 3 rings (SSSR count). The fourth-order valence-electron chi connectivity index (χ4n) is 2.93. The third-order valence-electron chi connectivity index (χ3n) is 3.98. The predicted octanol–water partition coefficient (Wildman–Crippen LogP) is 3.26. The lowest BCUT2D eigenvalue weighted by atomic mass is 10.2. The first-order valence-electron chi connectivity index (χ1n) is 7.75. The highest BCUT2D eigenvalue weighted by molar-refractivity contribution is 5.49. The lowest BCUT2D eigenvalue weighted by Gasteiger charge is -2.13. The number of aryl methyl sites for hydroxylation is 1. The summed E-state index contributed by atoms with van der Waals surface area (Å²) in [6.07, 6.45) is -0.162. The molecule has 1 fully saturated rings. The molecular weight excluding hydrogens is 309 g/mol. The van der Waals surface area contributed by atoms with Crippen molar-refractivity contribution in [1.29, 1.82) is 0 Å². The maximum Gasteiger partial charge on any atom is 0.408 e. The Morgan fingerprint density at radius 3 is 2.65 bits per heavy atom. The standard InChI is InChI=1S/C15H19F3N4O/c1-2-12-11(8-21-5-3-4-6-21)7-13(23-12)14-19-10-20-22(14)9-15(16,17)18/h7,10H,2-6,8-9H2,1H3. The summed E-state index contributed by atoms with van der Waals surface area (Å²) in [6.45, 7) is 3.66. The van der Waals surface area contributed by atoms with E-state index in [1.807, 2.05) is 6.92 Å². The van der Waals surface area contributed by atoms with Crippen molar-refractivity contribution < 1.29 is 17.6 Å². The summed E-state index contributed by atoms with van der Waals surface area (Å²) in [4.78, 5) is 6.26. The molecule has 0 aliphatic carbocycles. The molecule has 1 saturated heterocycles. The van der Waals surface area contributed by atoms with Crippen molar-refractivity contribution in [2.24, 2.45) is 0 Å². The molecule has 0 amide bonds. The second kappa shape index (κ2) is 6.35. The van der Waals surface area contributed by atoms with Crippen LogP contribution >= 0.6 is 0 Å². The van der Waals surface area contributed by atoms with Crippen LogP contribution in [0.25, 0.3) is 11.6 Å². The Hall–Kier alpha value is -1.83. The fourth-order valence-corrected chi connectivity index (χ4v) is 2.93. The molecule has 23 heavy (non-hydrogen) atoms. The van der Waals surface area contributed by atoms with Gasteiger partial charge in [0.05, 0.1) is 0 Å². The fraction of sp³-hybridized carbons (Fsp3) is 0.600. The number of rotatable bonds is 5. The smallest absolute Gasteiger partial charge is 0.408 e. The minimum absolute atomic E-state index is 0.115. The average molecular weight is 328 g/mol. The van der Waals surface area contributed by atoms with Crippen LogP contribution in [0.5, 0.6) is 0 Å². The Kier molecular flexibility index (Phi) is 4.43. The number of alkyl halides is 3. The molecule has 0 N–H and O–H groups in total. The number of hydrogen-bond acceptors (Lipinski definition) is 4. The lowest BCUT2D eigenvalue weighted by molar-refractivity contribution is -0.142. The van der Waals surface area contributed by atoms with E-state index in [0.29, 0.717) is 12.2 Å². The van der Waals surface area contributed by atoms with Gasteiger partial charge >= 0.3 is 6.18 Å². The number of nitrogens with zero attached hydrogens (tertiary/aromatic N) is 4. The van der Waals surface area contributed by atoms with Crippen LogP contribution in [0.4, 0.5) is 13.2 Å². The van der Waals surface area contributed by atoms with E-state index in [1.54, 1.807) is 6.07 Å². The van der Waals surface area contributed by atoms with Crippen LogP contribution in [0.15, 0.2) is 16.8 Å². The maximum absolute atomic E-state index is 12.6. The molecule has 126 valence electrons. The van der Waals surface area contributed by atoms with E-state index < -0.39 is 12.7 Å². The summed E-state index contributed by atoms with van der Waals surface area (Å²) in [5, 5.41) is 3.66. The largest absolute Gasteiger partial charge is 0.457 e. The Labute approximate surface area is 132 Å². The minimum atomic E-state index is -4.35. The molecule has 1 aliphatic heterocycles. The van der Waals surface area contributed by atoms with Gasteiger partial charge < -0.3 is 4.42 Å². The minimum Gasteiger partial charge on any atom is -0.457 e. The topological polar surface area (TPSA) is 47.1 Å². The summed E-state index contributed by atoms with van der Waals surface area (Å²) in [5.41, 5.74) is 1.02. The number of hydrogen-bond donors (Lipinski definition) is 0. The van der Waals surface area contributed by atoms with Gasteiger partial charge in [-0.15, -0.1) is 0 Å². The van der Waals surface area contributed by atoms with Crippen molar-refractivity contribution >= 4 is 0 Å². The molecule has 3 heterocycles. The molecule has 0 unspecified atom stereocenters. The number of halogens is 3. The zero-order chi connectivity index (χ0) is 16.4. The summed E-state index contributed by atoms with van der Waals surface area (Å²) in [7, 11) is 0. The van der Waals surface area contributed by atoms with Crippen molar-refractivity contribution in [3.05, 3.63) is 23.7 Å². The second-order valence-electron chi connectivity index (χ2n) is 5.75. The van der Waals surface area contributed by atoms with Gasteiger partial charge in [0, 0.05) is 18.5 Å². The SMILES string of the molecule is CCc1oc(-c2ncnn2CC(F)(F)F)cc1CN1CCCC1. The molecule has 0 saturated carbocycles. The molecular formula is C15H19F3N4O. The first-order valence-corrected chi connectivity index (χ1v) is 7.75. The average Bonchev–Trinajstić information content (AvgIpc) is 3.18. The van der Waals surface area contributed by atoms with Gasteiger partial charge in [0.2, 0.25) is 0 Å². The van der Waals surface area contributed by atoms with E-state index in [1.165, 1.54) is 12.8 Å². The van der Waals surface area contributed by atoms with E-state index in [2.05, 4.69) is 15.0 Å². The van der Waals surface area contributed by atoms with Crippen molar-refractivity contribution in [2.45, 2.75) is 45.5 Å². The molecule has 0 bridgehead atoms. The Morgan fingerprint density at radius 2 is 2.00 bits per heavy atom. The van der Waals surface area contributed by atoms with E-state index in [4.69, 9.17) is 4.42 Å². The summed E-state index contributed by atoms with van der Waals surface area (Å²) in [5.74, 6) is 1.26. The molecule has 2 aromatic heterocycles. The van der Waals surface area contributed by atoms with Crippen molar-refractivity contribution in [2.75, 3.05) is 13.1 Å². The number of likely N-dealkylation sites (tertiary alicyclic amines) is 1. The molecule has 8 heteroatoms. The predicted molar refractivity (Wildman–Crippen MR) is 77.7 cm³/mol. The van der Waals surface area contributed by atoms with Gasteiger partial charge in [0.15, 0.2) is 11.6 Å². The first-order chi connectivity index (χ1) is 11.0. The van der Waals surface area contributed by atoms with E-state index >= 15 is 0 Å². The zero-order valence-electron chi connectivity index (χ0n) is 12.9. The van der Waals surface area contributed by atoms with Crippen LogP contribution in [0, 0.1) is 0 Å². The highest BCUT2D eigenvalue weighted by Crippen LogP contribution is 2.28. The van der Waals surface area contributed by atoms with Crippen molar-refractivity contribution in [3.63, 3.8) is 0 Å². The Morgan fingerprint density at radius 1 is 1.26 bits per heavy atom. The molecule has 5 nitrogen and oxygen atoms in total. The third kappa shape index (κ3) is 3.74. The number of aromatic nitrogens is 3. The molecule has 0 spiro atoms. The van der Waals surface area contributed by atoms with Gasteiger partial charge in [-0.3, -0.25) is 4.90 Å². The quantitative estimate of drug-likeness (QED) is 0.845. The second-order valence-corrected chi connectivity index (χ2v) is 5.75. The molecule has 0 aromatic carbocycles. The van der Waals surface area contributed by atoms with Gasteiger partial charge in [-0.25, -0.2) is 9.67 Å². The van der Waals surface area contributed by atoms with Crippen molar-refractivity contribution in [3.8, 4) is 11.6 Å². The Bertz CT molecular complexity index is 656. The monoisotopic (exact) mass is 328 g/mol. The van der Waals surface area contributed by atoms with Crippen LogP contribution in [0.1, 0.15) is 31.1 Å². The van der Waals surface area contributed by atoms with Gasteiger partial charge in [0.25, 0.3) is 0 Å². The lowest BCUT2D eigenvalue weighted by Crippen LogP contribution is -2.19. The van der Waals surface area contributed by atoms with Gasteiger partial charge in [-0.1, -0.05) is 6.92 Å². The van der Waals surface area contributed by atoms with E-state index in [-0.39, 0.29) is 5.82 Å². The summed E-state index contributed by atoms with van der Waals surface area (Å²) < 4.78 is 44.4. The van der Waals surface area contributed by atoms with Gasteiger partial charge in [-0.2, -0.15) is 18.3 Å². The first kappa shape index (κ1) is 16.0. The van der Waals surface area contributed by atoms with Crippen LogP contribution in [0.2, 0.25) is 0 Å². The zero-order valence-corrected chi connectivity index (χ0v) is 12.9. The van der Waals surface area contributed by atoms with Crippen LogP contribution < -0.4 is 0 Å².